The standard InChI is InChI=1S/C21H20N2O5S/c1-23(14-20(24)22-16-8-4-2-5-9-16)21(25)19-13-12-17(28-19)15-29(26,27)18-10-6-3-7-11-18/h2-13H,14-15H2,1H3,(H,22,24). The van der Waals surface area contributed by atoms with Crippen molar-refractivity contribution < 1.29 is 22.4 Å². The Morgan fingerprint density at radius 2 is 1.55 bits per heavy atom. The van der Waals surface area contributed by atoms with Crippen LogP contribution in [0.3, 0.4) is 0 Å². The summed E-state index contributed by atoms with van der Waals surface area (Å²) in [6.45, 7) is -0.175. The molecule has 0 unspecified atom stereocenters. The Labute approximate surface area is 168 Å². The SMILES string of the molecule is CN(CC(=O)Nc1ccccc1)C(=O)c1ccc(CS(=O)(=O)c2ccccc2)o1. The van der Waals surface area contributed by atoms with Crippen molar-refractivity contribution in [1.82, 2.24) is 4.90 Å². The average Bonchev–Trinajstić information content (AvgIpc) is 3.16. The summed E-state index contributed by atoms with van der Waals surface area (Å²) < 4.78 is 30.3. The molecule has 0 saturated heterocycles. The molecule has 2 aromatic carbocycles. The van der Waals surface area contributed by atoms with E-state index in [0.29, 0.717) is 5.69 Å². The van der Waals surface area contributed by atoms with Crippen LogP contribution in [0.25, 0.3) is 0 Å². The van der Waals surface area contributed by atoms with E-state index in [2.05, 4.69) is 5.32 Å². The molecule has 1 aromatic heterocycles. The summed E-state index contributed by atoms with van der Waals surface area (Å²) in [5.41, 5.74) is 0.629. The number of benzene rings is 2. The highest BCUT2D eigenvalue weighted by Gasteiger charge is 2.21. The summed E-state index contributed by atoms with van der Waals surface area (Å²) in [6.07, 6.45) is 0. The van der Waals surface area contributed by atoms with Gasteiger partial charge in [0.15, 0.2) is 15.6 Å². The molecule has 0 bridgehead atoms. The molecule has 29 heavy (non-hydrogen) atoms. The lowest BCUT2D eigenvalue weighted by atomic mass is 10.3. The van der Waals surface area contributed by atoms with Crippen molar-refractivity contribution in [2.24, 2.45) is 0 Å². The van der Waals surface area contributed by atoms with Crippen LogP contribution in [0, 0.1) is 0 Å². The van der Waals surface area contributed by atoms with E-state index in [4.69, 9.17) is 4.42 Å². The van der Waals surface area contributed by atoms with E-state index in [0.717, 1.165) is 0 Å². The van der Waals surface area contributed by atoms with E-state index in [-0.39, 0.29) is 34.6 Å². The van der Waals surface area contributed by atoms with Gasteiger partial charge in [0.2, 0.25) is 5.91 Å². The molecule has 0 aliphatic heterocycles. The van der Waals surface area contributed by atoms with Crippen LogP contribution in [0.5, 0.6) is 0 Å². The lowest BCUT2D eigenvalue weighted by Gasteiger charge is -2.15. The first-order valence-electron chi connectivity index (χ1n) is 8.82. The maximum Gasteiger partial charge on any atom is 0.289 e. The molecule has 3 rings (SSSR count). The largest absolute Gasteiger partial charge is 0.455 e. The second kappa shape index (κ2) is 8.74. The van der Waals surface area contributed by atoms with Crippen molar-refractivity contribution in [3.05, 3.63) is 84.3 Å². The molecule has 0 atom stereocenters. The van der Waals surface area contributed by atoms with Crippen LogP contribution in [0.1, 0.15) is 16.3 Å². The molecule has 7 nitrogen and oxygen atoms in total. The highest BCUT2D eigenvalue weighted by Crippen LogP contribution is 2.18. The molecule has 3 aromatic rings. The van der Waals surface area contributed by atoms with E-state index in [9.17, 15) is 18.0 Å². The number of rotatable bonds is 7. The van der Waals surface area contributed by atoms with E-state index in [1.807, 2.05) is 6.07 Å². The number of sulfone groups is 1. The lowest BCUT2D eigenvalue weighted by Crippen LogP contribution is -2.34. The second-order valence-electron chi connectivity index (χ2n) is 6.41. The minimum absolute atomic E-state index is 0.0294. The van der Waals surface area contributed by atoms with Gasteiger partial charge >= 0.3 is 0 Å². The number of hydrogen-bond donors (Lipinski definition) is 1. The number of likely N-dealkylation sites (N-methyl/N-ethyl adjacent to an activating group) is 1. The molecule has 0 radical (unpaired) electrons. The summed E-state index contributed by atoms with van der Waals surface area (Å²) in [4.78, 5) is 26.0. The summed E-state index contributed by atoms with van der Waals surface area (Å²) >= 11 is 0. The molecule has 8 heteroatoms. The lowest BCUT2D eigenvalue weighted by molar-refractivity contribution is -0.116. The molecule has 0 saturated carbocycles. The number of furan rings is 1. The number of hydrogen-bond acceptors (Lipinski definition) is 5. The number of carbonyl (C=O) groups excluding carboxylic acids is 2. The molecule has 0 aliphatic carbocycles. The summed E-state index contributed by atoms with van der Waals surface area (Å²) in [6, 6.07) is 19.8. The highest BCUT2D eigenvalue weighted by molar-refractivity contribution is 7.90. The van der Waals surface area contributed by atoms with Crippen LogP contribution in [0.15, 0.2) is 82.1 Å². The Balaban J connectivity index is 1.62. The van der Waals surface area contributed by atoms with Gasteiger partial charge in [0, 0.05) is 12.7 Å². The molecule has 150 valence electrons. The topological polar surface area (TPSA) is 96.7 Å². The van der Waals surface area contributed by atoms with Crippen molar-refractivity contribution in [3.8, 4) is 0 Å². The predicted molar refractivity (Wildman–Crippen MR) is 108 cm³/mol. The number of amides is 2. The zero-order chi connectivity index (χ0) is 20.9. The van der Waals surface area contributed by atoms with Gasteiger partial charge in [-0.2, -0.15) is 0 Å². The third-order valence-corrected chi connectivity index (χ3v) is 5.75. The van der Waals surface area contributed by atoms with Crippen molar-refractivity contribution >= 4 is 27.3 Å². The third kappa shape index (κ3) is 5.32. The maximum absolute atomic E-state index is 12.5. The quantitative estimate of drug-likeness (QED) is 0.644. The number of para-hydroxylation sites is 1. The Hall–Kier alpha value is -3.39. The van der Waals surface area contributed by atoms with Gasteiger partial charge in [-0.05, 0) is 36.4 Å². The second-order valence-corrected chi connectivity index (χ2v) is 8.40. The molecule has 2 amide bonds. The molecular formula is C21H20N2O5S. The molecule has 0 spiro atoms. The Bertz CT molecular complexity index is 1090. The Morgan fingerprint density at radius 3 is 2.21 bits per heavy atom. The van der Waals surface area contributed by atoms with Gasteiger partial charge in [-0.3, -0.25) is 9.59 Å². The normalized spacial score (nSPS) is 11.1. The molecule has 1 heterocycles. The van der Waals surface area contributed by atoms with Gasteiger partial charge in [0.1, 0.15) is 11.5 Å². The fraction of sp³-hybridized carbons (Fsp3) is 0.143. The highest BCUT2D eigenvalue weighted by atomic mass is 32.2. The number of nitrogens with one attached hydrogen (secondary N) is 1. The van der Waals surface area contributed by atoms with Gasteiger partial charge in [0.05, 0.1) is 11.4 Å². The molecular weight excluding hydrogens is 392 g/mol. The van der Waals surface area contributed by atoms with Crippen molar-refractivity contribution in [3.63, 3.8) is 0 Å². The average molecular weight is 412 g/mol. The Kier molecular flexibility index (Phi) is 6.13. The number of carbonyl (C=O) groups is 2. The van der Waals surface area contributed by atoms with E-state index in [1.165, 1.54) is 36.2 Å². The van der Waals surface area contributed by atoms with Gasteiger partial charge in [0.25, 0.3) is 5.91 Å². The number of anilines is 1. The van der Waals surface area contributed by atoms with Crippen molar-refractivity contribution in [2.75, 3.05) is 18.9 Å². The van der Waals surface area contributed by atoms with Crippen LogP contribution in [-0.4, -0.2) is 38.7 Å². The van der Waals surface area contributed by atoms with Crippen LogP contribution >= 0.6 is 0 Å². The summed E-state index contributed by atoms with van der Waals surface area (Å²) in [7, 11) is -2.11. The smallest absolute Gasteiger partial charge is 0.289 e. The fourth-order valence-corrected chi connectivity index (χ4v) is 3.93. The first-order chi connectivity index (χ1) is 13.8. The van der Waals surface area contributed by atoms with Crippen LogP contribution in [-0.2, 0) is 20.4 Å². The Morgan fingerprint density at radius 1 is 0.931 bits per heavy atom. The van der Waals surface area contributed by atoms with E-state index >= 15 is 0 Å². The van der Waals surface area contributed by atoms with Gasteiger partial charge < -0.3 is 14.6 Å². The minimum Gasteiger partial charge on any atom is -0.455 e. The third-order valence-electron chi connectivity index (χ3n) is 4.09. The summed E-state index contributed by atoms with van der Waals surface area (Å²) in [5, 5.41) is 2.69. The van der Waals surface area contributed by atoms with Crippen molar-refractivity contribution in [1.29, 1.82) is 0 Å². The van der Waals surface area contributed by atoms with Crippen LogP contribution < -0.4 is 5.32 Å². The molecule has 0 aliphatic rings. The van der Waals surface area contributed by atoms with Gasteiger partial charge in [-0.25, -0.2) is 8.42 Å². The zero-order valence-corrected chi connectivity index (χ0v) is 16.6. The van der Waals surface area contributed by atoms with Crippen LogP contribution in [0.2, 0.25) is 0 Å². The number of nitrogens with zero attached hydrogens (tertiary/aromatic N) is 1. The first kappa shape index (κ1) is 20.3. The monoisotopic (exact) mass is 412 g/mol. The fourth-order valence-electron chi connectivity index (χ4n) is 2.67. The minimum atomic E-state index is -3.58. The zero-order valence-electron chi connectivity index (χ0n) is 15.7. The van der Waals surface area contributed by atoms with E-state index in [1.54, 1.807) is 42.5 Å². The molecule has 0 fully saturated rings. The maximum atomic E-state index is 12.5. The van der Waals surface area contributed by atoms with Gasteiger partial charge in [-0.1, -0.05) is 36.4 Å². The summed E-state index contributed by atoms with van der Waals surface area (Å²) in [5.74, 6) is -1.11. The van der Waals surface area contributed by atoms with Gasteiger partial charge in [-0.15, -0.1) is 0 Å². The van der Waals surface area contributed by atoms with Crippen LogP contribution in [0.4, 0.5) is 5.69 Å². The first-order valence-corrected chi connectivity index (χ1v) is 10.5. The van der Waals surface area contributed by atoms with E-state index < -0.39 is 15.7 Å². The van der Waals surface area contributed by atoms with Crippen molar-refractivity contribution in [2.45, 2.75) is 10.6 Å². The predicted octanol–water partition coefficient (Wildman–Crippen LogP) is 2.96. The molecule has 1 N–H and O–H groups in total.